The van der Waals surface area contributed by atoms with Gasteiger partial charge < -0.3 is 9.80 Å². The second kappa shape index (κ2) is 7.12. The van der Waals surface area contributed by atoms with Crippen LogP contribution in [0.15, 0.2) is 48.5 Å². The number of aryl methyl sites for hydroxylation is 1. The fourth-order valence-electron chi connectivity index (χ4n) is 4.20. The molecule has 2 aliphatic heterocycles. The maximum atomic E-state index is 13.0. The summed E-state index contributed by atoms with van der Waals surface area (Å²) in [5.74, 6) is 0.228. The number of carbonyl (C=O) groups is 1. The summed E-state index contributed by atoms with van der Waals surface area (Å²) in [6.45, 7) is 8.61. The molecular formula is C22H27N3O. The number of hydrogen-bond donors (Lipinski definition) is 0. The zero-order valence-corrected chi connectivity index (χ0v) is 15.7. The van der Waals surface area contributed by atoms with Crippen LogP contribution in [0.1, 0.15) is 18.1 Å². The van der Waals surface area contributed by atoms with E-state index in [-0.39, 0.29) is 11.9 Å². The van der Waals surface area contributed by atoms with Crippen molar-refractivity contribution in [2.24, 2.45) is 0 Å². The van der Waals surface area contributed by atoms with Crippen LogP contribution in [0.25, 0.3) is 0 Å². The second-order valence-electron chi connectivity index (χ2n) is 7.55. The lowest BCUT2D eigenvalue weighted by Gasteiger charge is -2.36. The topological polar surface area (TPSA) is 26.8 Å². The molecule has 2 aromatic carbocycles. The normalized spacial score (nSPS) is 20.3. The zero-order chi connectivity index (χ0) is 18.1. The van der Waals surface area contributed by atoms with E-state index in [2.05, 4.69) is 66.1 Å². The number of para-hydroxylation sites is 1. The molecule has 1 unspecified atom stereocenters. The molecule has 4 nitrogen and oxygen atoms in total. The maximum absolute atomic E-state index is 13.0. The molecule has 1 fully saturated rings. The van der Waals surface area contributed by atoms with E-state index >= 15 is 0 Å². The molecule has 4 heteroatoms. The van der Waals surface area contributed by atoms with E-state index in [0.717, 1.165) is 38.3 Å². The van der Waals surface area contributed by atoms with Gasteiger partial charge in [0.05, 0.1) is 6.54 Å². The van der Waals surface area contributed by atoms with Crippen molar-refractivity contribution in [3.63, 3.8) is 0 Å². The van der Waals surface area contributed by atoms with Crippen LogP contribution in [-0.4, -0.2) is 49.6 Å². The number of hydrogen-bond acceptors (Lipinski definition) is 3. The van der Waals surface area contributed by atoms with Crippen molar-refractivity contribution < 1.29 is 4.79 Å². The number of benzene rings is 2. The third kappa shape index (κ3) is 3.34. The van der Waals surface area contributed by atoms with Crippen LogP contribution in [-0.2, 0) is 11.2 Å². The minimum Gasteiger partial charge on any atom is -0.369 e. The van der Waals surface area contributed by atoms with Crippen LogP contribution in [0.4, 0.5) is 11.4 Å². The number of anilines is 2. The molecule has 0 N–H and O–H groups in total. The molecule has 1 amide bonds. The van der Waals surface area contributed by atoms with E-state index in [4.69, 9.17) is 0 Å². The SMILES string of the molecule is Cc1cccc(N2CCN(CC(=O)N3c4ccccc4CC3C)CC2)c1. The Morgan fingerprint density at radius 1 is 1.04 bits per heavy atom. The van der Waals surface area contributed by atoms with Crippen molar-refractivity contribution in [2.45, 2.75) is 26.3 Å². The van der Waals surface area contributed by atoms with Crippen LogP contribution in [0.3, 0.4) is 0 Å². The molecule has 26 heavy (non-hydrogen) atoms. The Balaban J connectivity index is 1.37. The van der Waals surface area contributed by atoms with Crippen molar-refractivity contribution in [3.05, 3.63) is 59.7 Å². The molecule has 0 spiro atoms. The molecule has 1 saturated heterocycles. The van der Waals surface area contributed by atoms with Gasteiger partial charge in [0.15, 0.2) is 0 Å². The Morgan fingerprint density at radius 2 is 1.81 bits per heavy atom. The fourth-order valence-corrected chi connectivity index (χ4v) is 4.20. The molecule has 0 bridgehead atoms. The van der Waals surface area contributed by atoms with Gasteiger partial charge in [0.1, 0.15) is 0 Å². The Hall–Kier alpha value is -2.33. The Morgan fingerprint density at radius 3 is 2.58 bits per heavy atom. The standard InChI is InChI=1S/C22H27N3O/c1-17-6-5-8-20(14-17)24-12-10-23(11-13-24)16-22(26)25-18(2)15-19-7-3-4-9-21(19)25/h3-9,14,18H,10-13,15-16H2,1-2H3. The van der Waals surface area contributed by atoms with Gasteiger partial charge in [-0.3, -0.25) is 9.69 Å². The maximum Gasteiger partial charge on any atom is 0.241 e. The molecule has 0 radical (unpaired) electrons. The number of piperazine rings is 1. The van der Waals surface area contributed by atoms with E-state index in [1.807, 2.05) is 11.0 Å². The summed E-state index contributed by atoms with van der Waals surface area (Å²) in [6.07, 6.45) is 0.961. The minimum atomic E-state index is 0.228. The molecule has 2 aromatic rings. The van der Waals surface area contributed by atoms with Gasteiger partial charge in [0.2, 0.25) is 5.91 Å². The van der Waals surface area contributed by atoms with Crippen molar-refractivity contribution in [2.75, 3.05) is 42.5 Å². The average molecular weight is 349 g/mol. The minimum absolute atomic E-state index is 0.228. The van der Waals surface area contributed by atoms with Gasteiger partial charge in [-0.15, -0.1) is 0 Å². The summed E-state index contributed by atoms with van der Waals surface area (Å²) in [5, 5.41) is 0. The molecule has 136 valence electrons. The number of amides is 1. The molecule has 2 heterocycles. The summed E-state index contributed by atoms with van der Waals surface area (Å²) in [4.78, 5) is 19.7. The Kier molecular flexibility index (Phi) is 4.68. The van der Waals surface area contributed by atoms with E-state index in [1.165, 1.54) is 16.8 Å². The van der Waals surface area contributed by atoms with Crippen molar-refractivity contribution in [1.29, 1.82) is 0 Å². The van der Waals surface area contributed by atoms with E-state index in [1.54, 1.807) is 0 Å². The largest absolute Gasteiger partial charge is 0.369 e. The van der Waals surface area contributed by atoms with Gasteiger partial charge in [-0.1, -0.05) is 30.3 Å². The monoisotopic (exact) mass is 349 g/mol. The summed E-state index contributed by atoms with van der Waals surface area (Å²) < 4.78 is 0. The molecule has 0 aliphatic carbocycles. The van der Waals surface area contributed by atoms with Gasteiger partial charge in [-0.05, 0) is 49.6 Å². The zero-order valence-electron chi connectivity index (χ0n) is 15.7. The summed E-state index contributed by atoms with van der Waals surface area (Å²) in [7, 11) is 0. The highest BCUT2D eigenvalue weighted by Crippen LogP contribution is 2.32. The van der Waals surface area contributed by atoms with Crippen molar-refractivity contribution in [3.8, 4) is 0 Å². The van der Waals surface area contributed by atoms with E-state index in [9.17, 15) is 4.79 Å². The first kappa shape index (κ1) is 17.1. The molecule has 1 atom stereocenters. The smallest absolute Gasteiger partial charge is 0.241 e. The van der Waals surface area contributed by atoms with Crippen LogP contribution in [0.2, 0.25) is 0 Å². The second-order valence-corrected chi connectivity index (χ2v) is 7.55. The number of nitrogens with zero attached hydrogens (tertiary/aromatic N) is 3. The van der Waals surface area contributed by atoms with E-state index < -0.39 is 0 Å². The Labute approximate surface area is 156 Å². The lowest BCUT2D eigenvalue weighted by atomic mass is 10.1. The van der Waals surface area contributed by atoms with Gasteiger partial charge in [-0.2, -0.15) is 0 Å². The van der Waals surface area contributed by atoms with Gasteiger partial charge in [0.25, 0.3) is 0 Å². The van der Waals surface area contributed by atoms with Crippen LogP contribution in [0, 0.1) is 6.92 Å². The van der Waals surface area contributed by atoms with E-state index in [0.29, 0.717) is 6.54 Å². The fraction of sp³-hybridized carbons (Fsp3) is 0.409. The third-order valence-corrected chi connectivity index (χ3v) is 5.57. The summed E-state index contributed by atoms with van der Waals surface area (Å²) in [5.41, 5.74) is 4.97. The number of carbonyl (C=O) groups excluding carboxylic acids is 1. The first-order chi connectivity index (χ1) is 12.6. The number of fused-ring (bicyclic) bond motifs is 1. The molecule has 2 aliphatic rings. The van der Waals surface area contributed by atoms with Gasteiger partial charge in [-0.25, -0.2) is 0 Å². The lowest BCUT2D eigenvalue weighted by molar-refractivity contribution is -0.120. The van der Waals surface area contributed by atoms with Crippen LogP contribution < -0.4 is 9.80 Å². The average Bonchev–Trinajstić information content (AvgIpc) is 2.98. The van der Waals surface area contributed by atoms with Crippen molar-refractivity contribution >= 4 is 17.3 Å². The number of rotatable bonds is 3. The Bertz CT molecular complexity index is 795. The van der Waals surface area contributed by atoms with Crippen LogP contribution >= 0.6 is 0 Å². The third-order valence-electron chi connectivity index (χ3n) is 5.57. The molecule has 0 saturated carbocycles. The molecule has 0 aromatic heterocycles. The molecular weight excluding hydrogens is 322 g/mol. The quantitative estimate of drug-likeness (QED) is 0.852. The first-order valence-corrected chi connectivity index (χ1v) is 9.56. The first-order valence-electron chi connectivity index (χ1n) is 9.56. The predicted octanol–water partition coefficient (Wildman–Crippen LogP) is 3.09. The summed E-state index contributed by atoms with van der Waals surface area (Å²) in [6, 6.07) is 17.2. The summed E-state index contributed by atoms with van der Waals surface area (Å²) >= 11 is 0. The van der Waals surface area contributed by atoms with Crippen molar-refractivity contribution in [1.82, 2.24) is 4.90 Å². The highest BCUT2D eigenvalue weighted by Gasteiger charge is 2.31. The van der Waals surface area contributed by atoms with Gasteiger partial charge >= 0.3 is 0 Å². The highest BCUT2D eigenvalue weighted by molar-refractivity contribution is 5.97. The van der Waals surface area contributed by atoms with Crippen LogP contribution in [0.5, 0.6) is 0 Å². The highest BCUT2D eigenvalue weighted by atomic mass is 16.2. The van der Waals surface area contributed by atoms with Gasteiger partial charge in [0, 0.05) is 43.6 Å². The molecule has 4 rings (SSSR count). The predicted molar refractivity (Wildman–Crippen MR) is 107 cm³/mol. The lowest BCUT2D eigenvalue weighted by Crippen LogP contribution is -2.51.